The molecule has 0 N–H and O–H groups in total. The Labute approximate surface area is 89.0 Å². The molecule has 1 rings (SSSR count). The molecule has 0 amide bonds. The molecule has 1 saturated heterocycles. The first-order valence-corrected chi connectivity index (χ1v) is 4.55. The van der Waals surface area contributed by atoms with Gasteiger partial charge in [-0.25, -0.2) is 4.79 Å². The first-order chi connectivity index (χ1) is 7.32. The predicted octanol–water partition coefficient (Wildman–Crippen LogP) is 2.12. The summed E-state index contributed by atoms with van der Waals surface area (Å²) in [5.41, 5.74) is -1.73. The van der Waals surface area contributed by atoms with Crippen molar-refractivity contribution in [2.45, 2.75) is 31.5 Å². The molecule has 16 heavy (non-hydrogen) atoms. The Hall–Kier alpha value is -1.11. The number of hydrogen-bond acceptors (Lipinski definition) is 3. The summed E-state index contributed by atoms with van der Waals surface area (Å²) in [6, 6.07) is 0. The molecular formula is C9H10F4O3. The van der Waals surface area contributed by atoms with E-state index in [1.54, 1.807) is 0 Å². The second kappa shape index (κ2) is 4.82. The smallest absolute Gasteiger partial charge is 0.422 e. The van der Waals surface area contributed by atoms with Crippen LogP contribution in [0.25, 0.3) is 0 Å². The van der Waals surface area contributed by atoms with E-state index in [1.165, 1.54) is 0 Å². The van der Waals surface area contributed by atoms with E-state index < -0.39 is 30.2 Å². The molecule has 3 nitrogen and oxygen atoms in total. The Balaban J connectivity index is 2.47. The van der Waals surface area contributed by atoms with Gasteiger partial charge in [-0.3, -0.25) is 0 Å². The third-order valence-corrected chi connectivity index (χ3v) is 2.07. The average molecular weight is 242 g/mol. The molecule has 92 valence electrons. The van der Waals surface area contributed by atoms with Crippen molar-refractivity contribution < 1.29 is 31.8 Å². The van der Waals surface area contributed by atoms with Gasteiger partial charge in [0.25, 0.3) is 6.36 Å². The highest BCUT2D eigenvalue weighted by atomic mass is 19.4. The van der Waals surface area contributed by atoms with E-state index in [0.29, 0.717) is 19.4 Å². The van der Waals surface area contributed by atoms with Crippen molar-refractivity contribution in [2.75, 3.05) is 6.61 Å². The van der Waals surface area contributed by atoms with Crippen LogP contribution in [0.5, 0.6) is 0 Å². The van der Waals surface area contributed by atoms with Crippen LogP contribution in [0, 0.1) is 0 Å². The van der Waals surface area contributed by atoms with E-state index in [9.17, 15) is 22.4 Å². The summed E-state index contributed by atoms with van der Waals surface area (Å²) in [5, 5.41) is 0. The lowest BCUT2D eigenvalue weighted by atomic mass is 10.2. The van der Waals surface area contributed by atoms with Gasteiger partial charge in [-0.15, -0.1) is 0 Å². The molecule has 2 unspecified atom stereocenters. The van der Waals surface area contributed by atoms with E-state index in [4.69, 9.17) is 4.74 Å². The number of alkyl halides is 4. The molecule has 1 aliphatic heterocycles. The van der Waals surface area contributed by atoms with Gasteiger partial charge in [0.15, 0.2) is 0 Å². The molecule has 1 heterocycles. The van der Waals surface area contributed by atoms with Crippen LogP contribution in [0.2, 0.25) is 0 Å². The normalized spacial score (nSPS) is 22.9. The zero-order valence-electron chi connectivity index (χ0n) is 8.22. The molecule has 2 atom stereocenters. The molecule has 0 aromatic carbocycles. The van der Waals surface area contributed by atoms with Gasteiger partial charge < -0.3 is 9.47 Å². The molecule has 0 aliphatic carbocycles. The molecule has 0 radical (unpaired) electrons. The summed E-state index contributed by atoms with van der Waals surface area (Å²) in [4.78, 5) is 10.8. The lowest BCUT2D eigenvalue weighted by Crippen LogP contribution is -2.30. The van der Waals surface area contributed by atoms with Gasteiger partial charge in [0, 0.05) is 6.61 Å². The van der Waals surface area contributed by atoms with Gasteiger partial charge in [-0.05, 0) is 12.8 Å². The minimum absolute atomic E-state index is 0.308. The highest BCUT2D eigenvalue weighted by molar-refractivity contribution is 5.89. The lowest BCUT2D eigenvalue weighted by Gasteiger charge is -2.16. The van der Waals surface area contributed by atoms with Crippen molar-refractivity contribution in [3.63, 3.8) is 0 Å². The summed E-state index contributed by atoms with van der Waals surface area (Å²) < 4.78 is 57.8. The number of hydrogen-bond donors (Lipinski definition) is 0. The molecule has 7 heteroatoms. The van der Waals surface area contributed by atoms with Gasteiger partial charge >= 0.3 is 12.1 Å². The van der Waals surface area contributed by atoms with Crippen LogP contribution in [0.1, 0.15) is 12.8 Å². The summed E-state index contributed by atoms with van der Waals surface area (Å²) in [5.74, 6) is -1.81. The fourth-order valence-corrected chi connectivity index (χ4v) is 1.17. The van der Waals surface area contributed by atoms with E-state index in [0.717, 1.165) is 0 Å². The number of esters is 1. The zero-order chi connectivity index (χ0) is 12.3. The number of rotatable bonds is 3. The summed E-state index contributed by atoms with van der Waals surface area (Å²) in [7, 11) is 0. The largest absolute Gasteiger partial charge is 0.425 e. The maximum atomic E-state index is 13.1. The average Bonchev–Trinajstić information content (AvgIpc) is 2.67. The van der Waals surface area contributed by atoms with Gasteiger partial charge in [0.2, 0.25) is 0 Å². The predicted molar refractivity (Wildman–Crippen MR) is 45.2 cm³/mol. The quantitative estimate of drug-likeness (QED) is 0.432. The second-order valence-electron chi connectivity index (χ2n) is 3.28. The van der Waals surface area contributed by atoms with E-state index in [-0.39, 0.29) is 0 Å². The zero-order valence-corrected chi connectivity index (χ0v) is 8.22. The maximum Gasteiger partial charge on any atom is 0.422 e. The minimum atomic E-state index is -4.91. The monoisotopic (exact) mass is 242 g/mol. The van der Waals surface area contributed by atoms with Crippen LogP contribution >= 0.6 is 0 Å². The molecule has 1 fully saturated rings. The Kier molecular flexibility index (Phi) is 3.90. The van der Waals surface area contributed by atoms with Crippen molar-refractivity contribution in [3.8, 4) is 0 Å². The Morgan fingerprint density at radius 3 is 2.56 bits per heavy atom. The first-order valence-electron chi connectivity index (χ1n) is 4.55. The van der Waals surface area contributed by atoms with Gasteiger partial charge in [0.1, 0.15) is 11.7 Å². The summed E-state index contributed by atoms with van der Waals surface area (Å²) >= 11 is 0. The third-order valence-electron chi connectivity index (χ3n) is 2.07. The van der Waals surface area contributed by atoms with Crippen LogP contribution in [0.4, 0.5) is 17.6 Å². The van der Waals surface area contributed by atoms with Crippen molar-refractivity contribution in [1.82, 2.24) is 0 Å². The van der Waals surface area contributed by atoms with Crippen molar-refractivity contribution in [2.24, 2.45) is 0 Å². The standard InChI is InChI=1S/C9H10F4O3/c1-5(9(11,12)13)8(14)16-7(10)6-3-2-4-15-6/h6-7H,1-4H2. The SMILES string of the molecule is C=C(C(=O)OC(F)C1CCCO1)C(F)(F)F. The minimum Gasteiger partial charge on any atom is -0.425 e. The van der Waals surface area contributed by atoms with Crippen molar-refractivity contribution in [1.29, 1.82) is 0 Å². The first kappa shape index (κ1) is 13.0. The van der Waals surface area contributed by atoms with Crippen LogP contribution < -0.4 is 0 Å². The third kappa shape index (κ3) is 3.19. The van der Waals surface area contributed by atoms with Crippen molar-refractivity contribution >= 4 is 5.97 Å². The number of ether oxygens (including phenoxy) is 2. The number of carbonyl (C=O) groups is 1. The van der Waals surface area contributed by atoms with Crippen LogP contribution in [-0.4, -0.2) is 31.2 Å². The molecule has 0 saturated carbocycles. The number of halogens is 4. The Morgan fingerprint density at radius 2 is 2.12 bits per heavy atom. The summed E-state index contributed by atoms with van der Waals surface area (Å²) in [6.07, 6.45) is -7.18. The number of carbonyl (C=O) groups excluding carboxylic acids is 1. The van der Waals surface area contributed by atoms with E-state index in [2.05, 4.69) is 11.3 Å². The maximum absolute atomic E-state index is 13.1. The van der Waals surface area contributed by atoms with Gasteiger partial charge in [-0.2, -0.15) is 17.6 Å². The molecule has 1 aliphatic rings. The van der Waals surface area contributed by atoms with Crippen molar-refractivity contribution in [3.05, 3.63) is 12.2 Å². The fourth-order valence-electron chi connectivity index (χ4n) is 1.17. The second-order valence-corrected chi connectivity index (χ2v) is 3.28. The van der Waals surface area contributed by atoms with Crippen LogP contribution in [0.3, 0.4) is 0 Å². The lowest BCUT2D eigenvalue weighted by molar-refractivity contribution is -0.174. The van der Waals surface area contributed by atoms with Gasteiger partial charge in [0.05, 0.1) is 0 Å². The highest BCUT2D eigenvalue weighted by Gasteiger charge is 2.40. The molecule has 0 bridgehead atoms. The topological polar surface area (TPSA) is 35.5 Å². The van der Waals surface area contributed by atoms with E-state index >= 15 is 0 Å². The summed E-state index contributed by atoms with van der Waals surface area (Å²) in [6.45, 7) is 2.81. The van der Waals surface area contributed by atoms with Crippen LogP contribution in [-0.2, 0) is 14.3 Å². The van der Waals surface area contributed by atoms with Gasteiger partial charge in [-0.1, -0.05) is 6.58 Å². The molecular weight excluding hydrogens is 232 g/mol. The Bertz CT molecular complexity index is 281. The Morgan fingerprint density at radius 1 is 1.50 bits per heavy atom. The molecule has 0 aromatic heterocycles. The van der Waals surface area contributed by atoms with Crippen LogP contribution in [0.15, 0.2) is 12.2 Å². The highest BCUT2D eigenvalue weighted by Crippen LogP contribution is 2.26. The fraction of sp³-hybridized carbons (Fsp3) is 0.667. The van der Waals surface area contributed by atoms with E-state index in [1.807, 2.05) is 0 Å². The molecule has 0 spiro atoms. The molecule has 0 aromatic rings.